The van der Waals surface area contributed by atoms with Crippen molar-refractivity contribution in [1.29, 1.82) is 0 Å². The van der Waals surface area contributed by atoms with Crippen molar-refractivity contribution >= 4 is 32.7 Å². The van der Waals surface area contributed by atoms with E-state index in [0.29, 0.717) is 12.4 Å². The van der Waals surface area contributed by atoms with Crippen LogP contribution in [0, 0.1) is 0 Å². The summed E-state index contributed by atoms with van der Waals surface area (Å²) in [6, 6.07) is 15.5. The fourth-order valence-electron chi connectivity index (χ4n) is 2.31. The van der Waals surface area contributed by atoms with E-state index in [1.54, 1.807) is 11.9 Å². The van der Waals surface area contributed by atoms with Crippen molar-refractivity contribution < 1.29 is 9.53 Å². The molecule has 0 spiro atoms. The van der Waals surface area contributed by atoms with Crippen LogP contribution in [0.1, 0.15) is 5.56 Å². The van der Waals surface area contributed by atoms with E-state index in [2.05, 4.69) is 25.9 Å². The fraction of sp³-hybridized carbons (Fsp3) is 0.167. The van der Waals surface area contributed by atoms with E-state index < -0.39 is 0 Å². The van der Waals surface area contributed by atoms with Crippen molar-refractivity contribution in [3.05, 3.63) is 64.9 Å². The van der Waals surface area contributed by atoms with Crippen LogP contribution in [0.5, 0.6) is 5.88 Å². The number of likely N-dealkylation sites (N-methyl/N-ethyl adjacent to an activating group) is 1. The van der Waals surface area contributed by atoms with Crippen molar-refractivity contribution in [3.63, 3.8) is 0 Å². The first-order valence-electron chi connectivity index (χ1n) is 7.44. The van der Waals surface area contributed by atoms with Gasteiger partial charge >= 0.3 is 0 Å². The topological polar surface area (TPSA) is 55.3 Å². The van der Waals surface area contributed by atoms with Crippen LogP contribution in [0.25, 0.3) is 10.9 Å². The first-order valence-corrected chi connectivity index (χ1v) is 8.24. The Morgan fingerprint density at radius 2 is 1.96 bits per heavy atom. The highest BCUT2D eigenvalue weighted by Gasteiger charge is 2.12. The molecule has 0 aliphatic carbocycles. The van der Waals surface area contributed by atoms with E-state index in [9.17, 15) is 4.79 Å². The Bertz CT molecular complexity index is 855. The number of carbonyl (C=O) groups excluding carboxylic acids is 1. The van der Waals surface area contributed by atoms with Gasteiger partial charge in [-0.3, -0.25) is 4.79 Å². The molecule has 0 fully saturated rings. The molecule has 0 aliphatic heterocycles. The molecule has 2 aromatic carbocycles. The van der Waals surface area contributed by atoms with Crippen LogP contribution >= 0.6 is 15.9 Å². The highest BCUT2D eigenvalue weighted by Crippen LogP contribution is 2.24. The third-order valence-electron chi connectivity index (χ3n) is 3.58. The Labute approximate surface area is 148 Å². The summed E-state index contributed by atoms with van der Waals surface area (Å²) in [5.41, 5.74) is 1.85. The molecule has 0 bridgehead atoms. The van der Waals surface area contributed by atoms with Crippen LogP contribution in [0.3, 0.4) is 0 Å². The monoisotopic (exact) mass is 385 g/mol. The summed E-state index contributed by atoms with van der Waals surface area (Å²) < 4.78 is 6.54. The lowest BCUT2D eigenvalue weighted by Crippen LogP contribution is -2.31. The van der Waals surface area contributed by atoms with Gasteiger partial charge < -0.3 is 9.64 Å². The molecule has 0 atom stereocenters. The van der Waals surface area contributed by atoms with Gasteiger partial charge in [0.25, 0.3) is 5.91 Å². The fourth-order valence-corrected chi connectivity index (χ4v) is 2.67. The Kier molecular flexibility index (Phi) is 5.05. The molecular weight excluding hydrogens is 370 g/mol. The molecule has 1 aromatic heterocycles. The minimum Gasteiger partial charge on any atom is -0.467 e. The van der Waals surface area contributed by atoms with Crippen molar-refractivity contribution in [2.45, 2.75) is 6.54 Å². The van der Waals surface area contributed by atoms with Crippen LogP contribution in [-0.2, 0) is 11.3 Å². The van der Waals surface area contributed by atoms with Gasteiger partial charge in [-0.2, -0.15) is 0 Å². The number of carbonyl (C=O) groups is 1. The molecule has 1 amide bonds. The number of fused-ring (bicyclic) bond motifs is 1. The molecule has 0 saturated carbocycles. The molecule has 3 rings (SSSR count). The predicted molar refractivity (Wildman–Crippen MR) is 95.6 cm³/mol. The van der Waals surface area contributed by atoms with Crippen molar-refractivity contribution in [1.82, 2.24) is 14.9 Å². The molecule has 0 radical (unpaired) electrons. The Balaban J connectivity index is 1.67. The lowest BCUT2D eigenvalue weighted by atomic mass is 10.2. The maximum absolute atomic E-state index is 12.3. The number of rotatable bonds is 5. The molecular formula is C18H16BrN3O2. The van der Waals surface area contributed by atoms with E-state index in [0.717, 1.165) is 20.9 Å². The first kappa shape index (κ1) is 16.4. The minimum absolute atomic E-state index is 0.0675. The first-order chi connectivity index (χ1) is 11.6. The zero-order valence-electron chi connectivity index (χ0n) is 13.1. The van der Waals surface area contributed by atoms with Gasteiger partial charge in [0.15, 0.2) is 6.61 Å². The van der Waals surface area contributed by atoms with E-state index in [1.165, 1.54) is 6.33 Å². The molecule has 122 valence electrons. The number of benzene rings is 2. The standard InChI is InChI=1S/C18H16BrN3O2/c1-22(10-13-5-3-2-4-6-13)17(23)11-24-18-15-9-14(19)7-8-16(15)20-12-21-18/h2-9,12H,10-11H2,1H3. The number of hydrogen-bond acceptors (Lipinski definition) is 4. The molecule has 6 heteroatoms. The number of ether oxygens (including phenoxy) is 1. The summed E-state index contributed by atoms with van der Waals surface area (Å²) in [7, 11) is 1.76. The summed E-state index contributed by atoms with van der Waals surface area (Å²) in [6.07, 6.45) is 1.43. The van der Waals surface area contributed by atoms with Gasteiger partial charge in [0.05, 0.1) is 10.9 Å². The van der Waals surface area contributed by atoms with Gasteiger partial charge in [0.2, 0.25) is 5.88 Å². The minimum atomic E-state index is -0.111. The number of aromatic nitrogens is 2. The molecule has 0 N–H and O–H groups in total. The molecule has 5 nitrogen and oxygen atoms in total. The normalized spacial score (nSPS) is 10.6. The van der Waals surface area contributed by atoms with Crippen molar-refractivity contribution in [2.75, 3.05) is 13.7 Å². The largest absolute Gasteiger partial charge is 0.467 e. The van der Waals surface area contributed by atoms with Gasteiger partial charge in [0, 0.05) is 18.1 Å². The van der Waals surface area contributed by atoms with Gasteiger partial charge in [-0.25, -0.2) is 9.97 Å². The second-order valence-electron chi connectivity index (χ2n) is 5.36. The van der Waals surface area contributed by atoms with Crippen LogP contribution in [-0.4, -0.2) is 34.4 Å². The Morgan fingerprint density at radius 1 is 1.17 bits per heavy atom. The quantitative estimate of drug-likeness (QED) is 0.674. The second-order valence-corrected chi connectivity index (χ2v) is 6.28. The van der Waals surface area contributed by atoms with Gasteiger partial charge in [-0.05, 0) is 23.8 Å². The van der Waals surface area contributed by atoms with Crippen molar-refractivity contribution in [3.8, 4) is 5.88 Å². The van der Waals surface area contributed by atoms with E-state index >= 15 is 0 Å². The Morgan fingerprint density at radius 3 is 2.75 bits per heavy atom. The third kappa shape index (κ3) is 3.89. The summed E-state index contributed by atoms with van der Waals surface area (Å²) in [6.45, 7) is 0.473. The number of halogens is 1. The lowest BCUT2D eigenvalue weighted by Gasteiger charge is -2.17. The van der Waals surface area contributed by atoms with E-state index in [-0.39, 0.29) is 12.5 Å². The average molecular weight is 386 g/mol. The molecule has 0 unspecified atom stereocenters. The number of nitrogens with zero attached hydrogens (tertiary/aromatic N) is 3. The average Bonchev–Trinajstić information content (AvgIpc) is 2.60. The zero-order valence-corrected chi connectivity index (χ0v) is 14.7. The molecule has 3 aromatic rings. The van der Waals surface area contributed by atoms with Crippen LogP contribution in [0.15, 0.2) is 59.3 Å². The predicted octanol–water partition coefficient (Wildman–Crippen LogP) is 3.43. The molecule has 24 heavy (non-hydrogen) atoms. The molecule has 1 heterocycles. The SMILES string of the molecule is CN(Cc1ccccc1)C(=O)COc1ncnc2ccc(Br)cc12. The Hall–Kier alpha value is -2.47. The summed E-state index contributed by atoms with van der Waals surface area (Å²) in [5, 5.41) is 0.769. The van der Waals surface area contributed by atoms with E-state index in [1.807, 2.05) is 48.5 Å². The number of amides is 1. The highest BCUT2D eigenvalue weighted by molar-refractivity contribution is 9.10. The smallest absolute Gasteiger partial charge is 0.260 e. The van der Waals surface area contributed by atoms with Gasteiger partial charge in [-0.1, -0.05) is 46.3 Å². The number of hydrogen-bond donors (Lipinski definition) is 0. The van der Waals surface area contributed by atoms with E-state index in [4.69, 9.17) is 4.74 Å². The summed E-state index contributed by atoms with van der Waals surface area (Å²) in [5.74, 6) is 0.295. The highest BCUT2D eigenvalue weighted by atomic mass is 79.9. The summed E-state index contributed by atoms with van der Waals surface area (Å²) >= 11 is 3.42. The zero-order chi connectivity index (χ0) is 16.9. The third-order valence-corrected chi connectivity index (χ3v) is 4.07. The van der Waals surface area contributed by atoms with Crippen molar-refractivity contribution in [2.24, 2.45) is 0 Å². The maximum Gasteiger partial charge on any atom is 0.260 e. The maximum atomic E-state index is 12.3. The lowest BCUT2D eigenvalue weighted by molar-refractivity contribution is -0.132. The van der Waals surface area contributed by atoms with Gasteiger partial charge in [0.1, 0.15) is 6.33 Å². The van der Waals surface area contributed by atoms with Crippen LogP contribution < -0.4 is 4.74 Å². The van der Waals surface area contributed by atoms with Gasteiger partial charge in [-0.15, -0.1) is 0 Å². The summed E-state index contributed by atoms with van der Waals surface area (Å²) in [4.78, 5) is 22.2. The van der Waals surface area contributed by atoms with Crippen LogP contribution in [0.4, 0.5) is 0 Å². The molecule has 0 saturated heterocycles. The second kappa shape index (κ2) is 7.40. The molecule has 0 aliphatic rings. The van der Waals surface area contributed by atoms with Crippen LogP contribution in [0.2, 0.25) is 0 Å².